The molecule has 0 spiro atoms. The van der Waals surface area contributed by atoms with E-state index in [4.69, 9.17) is 10.5 Å². The number of nitrogens with one attached hydrogen (secondary N) is 2. The predicted octanol–water partition coefficient (Wildman–Crippen LogP) is 1.30. The van der Waals surface area contributed by atoms with Crippen LogP contribution in [0.1, 0.15) is 9.67 Å². The minimum atomic E-state index is -0.215. The van der Waals surface area contributed by atoms with Crippen LogP contribution >= 0.6 is 11.3 Å². The van der Waals surface area contributed by atoms with E-state index in [0.717, 1.165) is 5.00 Å². The van der Waals surface area contributed by atoms with E-state index in [1.807, 2.05) is 0 Å². The van der Waals surface area contributed by atoms with Gasteiger partial charge in [-0.25, -0.2) is 0 Å². The maximum absolute atomic E-state index is 11.5. The van der Waals surface area contributed by atoms with E-state index in [0.29, 0.717) is 22.9 Å². The van der Waals surface area contributed by atoms with Crippen LogP contribution in [0.2, 0.25) is 0 Å². The molecule has 0 fully saturated rings. The molecule has 0 atom stereocenters. The van der Waals surface area contributed by atoms with Crippen molar-refractivity contribution in [3.8, 4) is 5.75 Å². The maximum atomic E-state index is 11.5. The van der Waals surface area contributed by atoms with Gasteiger partial charge in [-0.15, -0.1) is 17.9 Å². The molecule has 0 aromatic carbocycles. The van der Waals surface area contributed by atoms with Gasteiger partial charge >= 0.3 is 0 Å². The van der Waals surface area contributed by atoms with Gasteiger partial charge in [-0.05, 0) is 0 Å². The highest BCUT2D eigenvalue weighted by atomic mass is 32.1. The maximum Gasteiger partial charge on any atom is 0.263 e. The van der Waals surface area contributed by atoms with Crippen molar-refractivity contribution in [2.45, 2.75) is 0 Å². The number of rotatable bonds is 5. The zero-order valence-corrected chi connectivity index (χ0v) is 10.1. The average Bonchev–Trinajstić information content (AvgIpc) is 2.62. The molecular weight excluding hydrogens is 226 g/mol. The molecule has 0 unspecified atom stereocenters. The Hall–Kier alpha value is -1.69. The van der Waals surface area contributed by atoms with Crippen LogP contribution in [-0.2, 0) is 0 Å². The lowest BCUT2D eigenvalue weighted by molar-refractivity contribution is 0.0967. The Morgan fingerprint density at radius 1 is 1.69 bits per heavy atom. The Labute approximate surface area is 98.3 Å². The van der Waals surface area contributed by atoms with Crippen LogP contribution in [0.25, 0.3) is 0 Å². The number of nitrogens with two attached hydrogens (primary N) is 1. The van der Waals surface area contributed by atoms with Crippen LogP contribution in [0.3, 0.4) is 0 Å². The number of anilines is 2. The van der Waals surface area contributed by atoms with Gasteiger partial charge in [-0.1, -0.05) is 6.08 Å². The fraction of sp³-hybridized carbons (Fsp3) is 0.300. The van der Waals surface area contributed by atoms with Crippen LogP contribution in [0.15, 0.2) is 12.7 Å². The molecule has 1 aromatic heterocycles. The molecular formula is C10H15N3O2S. The summed E-state index contributed by atoms with van der Waals surface area (Å²) < 4.78 is 5.16. The highest BCUT2D eigenvalue weighted by molar-refractivity contribution is 7.19. The minimum Gasteiger partial charge on any atom is -0.492 e. The van der Waals surface area contributed by atoms with Crippen molar-refractivity contribution in [2.75, 3.05) is 31.8 Å². The normalized spacial score (nSPS) is 9.62. The smallest absolute Gasteiger partial charge is 0.263 e. The highest BCUT2D eigenvalue weighted by Crippen LogP contribution is 2.42. The molecule has 0 aliphatic heterocycles. The van der Waals surface area contributed by atoms with Crippen molar-refractivity contribution in [3.05, 3.63) is 17.5 Å². The molecule has 0 radical (unpaired) electrons. The van der Waals surface area contributed by atoms with Crippen molar-refractivity contribution >= 4 is 27.9 Å². The first-order chi connectivity index (χ1) is 7.65. The number of thiophene rings is 1. The lowest BCUT2D eigenvalue weighted by Gasteiger charge is -2.03. The summed E-state index contributed by atoms with van der Waals surface area (Å²) >= 11 is 1.26. The van der Waals surface area contributed by atoms with Crippen LogP contribution in [0.4, 0.5) is 10.7 Å². The van der Waals surface area contributed by atoms with E-state index in [-0.39, 0.29) is 5.91 Å². The van der Waals surface area contributed by atoms with E-state index in [9.17, 15) is 4.79 Å². The van der Waals surface area contributed by atoms with Crippen molar-refractivity contribution < 1.29 is 9.53 Å². The SMILES string of the molecule is C=CCNc1sc(C(=O)NC)c(N)c1OC. The quantitative estimate of drug-likeness (QED) is 0.679. The number of hydrogen-bond acceptors (Lipinski definition) is 5. The van der Waals surface area contributed by atoms with Gasteiger partial charge < -0.3 is 21.1 Å². The second kappa shape index (κ2) is 5.41. The molecule has 5 nitrogen and oxygen atoms in total. The lowest BCUT2D eigenvalue weighted by Crippen LogP contribution is -2.17. The van der Waals surface area contributed by atoms with Crippen LogP contribution in [-0.4, -0.2) is 26.6 Å². The van der Waals surface area contributed by atoms with Gasteiger partial charge in [0.2, 0.25) is 0 Å². The van der Waals surface area contributed by atoms with Gasteiger partial charge in [0.1, 0.15) is 15.6 Å². The third kappa shape index (κ3) is 2.27. The zero-order valence-electron chi connectivity index (χ0n) is 9.29. The Morgan fingerprint density at radius 3 is 2.88 bits per heavy atom. The summed E-state index contributed by atoms with van der Waals surface area (Å²) in [6.45, 7) is 4.19. The van der Waals surface area contributed by atoms with Crippen LogP contribution in [0.5, 0.6) is 5.75 Å². The first-order valence-electron chi connectivity index (χ1n) is 4.68. The Bertz CT molecular complexity index is 401. The molecule has 0 bridgehead atoms. The average molecular weight is 241 g/mol. The highest BCUT2D eigenvalue weighted by Gasteiger charge is 2.20. The molecule has 0 aliphatic carbocycles. The van der Waals surface area contributed by atoms with Gasteiger partial charge in [-0.3, -0.25) is 4.79 Å². The van der Waals surface area contributed by atoms with E-state index in [2.05, 4.69) is 17.2 Å². The first-order valence-corrected chi connectivity index (χ1v) is 5.50. The molecule has 0 saturated carbocycles. The summed E-state index contributed by atoms with van der Waals surface area (Å²) in [6.07, 6.45) is 1.72. The number of carbonyl (C=O) groups excluding carboxylic acids is 1. The molecule has 1 aromatic rings. The summed E-state index contributed by atoms with van der Waals surface area (Å²) in [4.78, 5) is 12.0. The summed E-state index contributed by atoms with van der Waals surface area (Å²) in [5, 5.41) is 6.34. The summed E-state index contributed by atoms with van der Waals surface area (Å²) in [5.41, 5.74) is 6.18. The molecule has 1 rings (SSSR count). The molecule has 88 valence electrons. The number of amides is 1. The van der Waals surface area contributed by atoms with Gasteiger partial charge in [0.05, 0.1) is 7.11 Å². The Balaban J connectivity index is 3.08. The number of methoxy groups -OCH3 is 1. The van der Waals surface area contributed by atoms with Gasteiger partial charge in [0, 0.05) is 13.6 Å². The summed E-state index contributed by atoms with van der Waals surface area (Å²) in [6, 6.07) is 0. The third-order valence-electron chi connectivity index (χ3n) is 1.94. The van der Waals surface area contributed by atoms with Crippen LogP contribution in [0, 0.1) is 0 Å². The number of ether oxygens (including phenoxy) is 1. The topological polar surface area (TPSA) is 76.4 Å². The molecule has 6 heteroatoms. The number of nitrogen functional groups attached to an aromatic ring is 1. The fourth-order valence-corrected chi connectivity index (χ4v) is 2.24. The standard InChI is InChI=1S/C10H15N3O2S/c1-4-5-13-10-7(15-3)6(11)8(16-10)9(14)12-2/h4,13H,1,5,11H2,2-3H3,(H,12,14). The van der Waals surface area contributed by atoms with Crippen molar-refractivity contribution in [1.82, 2.24) is 5.32 Å². The van der Waals surface area contributed by atoms with Crippen molar-refractivity contribution in [3.63, 3.8) is 0 Å². The lowest BCUT2D eigenvalue weighted by atomic mass is 10.3. The predicted molar refractivity (Wildman–Crippen MR) is 67.4 cm³/mol. The van der Waals surface area contributed by atoms with E-state index in [1.165, 1.54) is 18.4 Å². The largest absolute Gasteiger partial charge is 0.492 e. The van der Waals surface area contributed by atoms with E-state index < -0.39 is 0 Å². The minimum absolute atomic E-state index is 0.215. The molecule has 4 N–H and O–H groups in total. The summed E-state index contributed by atoms with van der Waals surface area (Å²) in [5.74, 6) is 0.290. The Kier molecular flexibility index (Phi) is 4.19. The van der Waals surface area contributed by atoms with Crippen molar-refractivity contribution in [1.29, 1.82) is 0 Å². The van der Waals surface area contributed by atoms with E-state index >= 15 is 0 Å². The Morgan fingerprint density at radius 2 is 2.38 bits per heavy atom. The molecule has 1 amide bonds. The fourth-order valence-electron chi connectivity index (χ4n) is 1.19. The zero-order chi connectivity index (χ0) is 12.1. The number of hydrogen-bond donors (Lipinski definition) is 3. The summed E-state index contributed by atoms with van der Waals surface area (Å²) in [7, 11) is 3.08. The second-order valence-electron chi connectivity index (χ2n) is 2.96. The molecule has 16 heavy (non-hydrogen) atoms. The third-order valence-corrected chi connectivity index (χ3v) is 3.09. The van der Waals surface area contributed by atoms with Crippen LogP contribution < -0.4 is 21.1 Å². The van der Waals surface area contributed by atoms with Crippen molar-refractivity contribution in [2.24, 2.45) is 0 Å². The number of carbonyl (C=O) groups is 1. The monoisotopic (exact) mass is 241 g/mol. The second-order valence-corrected chi connectivity index (χ2v) is 3.98. The molecule has 1 heterocycles. The molecule has 0 aliphatic rings. The van der Waals surface area contributed by atoms with E-state index in [1.54, 1.807) is 13.1 Å². The van der Waals surface area contributed by atoms with Gasteiger partial charge in [-0.2, -0.15) is 0 Å². The first kappa shape index (κ1) is 12.4. The van der Waals surface area contributed by atoms with Gasteiger partial charge in [0.25, 0.3) is 5.91 Å². The van der Waals surface area contributed by atoms with Gasteiger partial charge in [0.15, 0.2) is 5.75 Å². The molecule has 0 saturated heterocycles.